The molecule has 1 aromatic heterocycles. The Labute approximate surface area is 165 Å². The molecule has 0 saturated carbocycles. The van der Waals surface area contributed by atoms with Crippen molar-refractivity contribution in [1.82, 2.24) is 9.97 Å². The van der Waals surface area contributed by atoms with Crippen LogP contribution in [0.1, 0.15) is 76.8 Å². The van der Waals surface area contributed by atoms with Gasteiger partial charge >= 0.3 is 0 Å². The summed E-state index contributed by atoms with van der Waals surface area (Å²) in [6, 6.07) is 12.0. The molecule has 0 atom stereocenters. The maximum atomic E-state index is 4.58. The standard InChI is InChI=1S/C23H36N4/c1-3-4-5-6-7-8-9-10-11-15-18-24-22-19-20(2)25-23(27-22)26-21-16-13-12-14-17-21/h12-14,16-17,19H,3-11,15,18H2,1-2H3,(H2,24,25,26,27). The Morgan fingerprint density at radius 3 is 2.07 bits per heavy atom. The highest BCUT2D eigenvalue weighted by Gasteiger charge is 2.02. The molecular formula is C23H36N4. The van der Waals surface area contributed by atoms with Crippen LogP contribution in [-0.4, -0.2) is 16.5 Å². The van der Waals surface area contributed by atoms with Crippen LogP contribution in [0.25, 0.3) is 0 Å². The highest BCUT2D eigenvalue weighted by Crippen LogP contribution is 2.16. The molecular weight excluding hydrogens is 332 g/mol. The summed E-state index contributed by atoms with van der Waals surface area (Å²) in [7, 11) is 0. The largest absolute Gasteiger partial charge is 0.370 e. The Kier molecular flexibility index (Phi) is 10.3. The van der Waals surface area contributed by atoms with Crippen molar-refractivity contribution < 1.29 is 0 Å². The fourth-order valence-corrected chi connectivity index (χ4v) is 3.19. The number of anilines is 3. The average Bonchev–Trinajstić information content (AvgIpc) is 2.66. The number of aryl methyl sites for hydroxylation is 1. The molecule has 27 heavy (non-hydrogen) atoms. The van der Waals surface area contributed by atoms with Crippen molar-refractivity contribution in [3.8, 4) is 0 Å². The van der Waals surface area contributed by atoms with Gasteiger partial charge in [-0.2, -0.15) is 4.98 Å². The number of benzene rings is 1. The van der Waals surface area contributed by atoms with E-state index in [4.69, 9.17) is 0 Å². The number of nitrogens with zero attached hydrogens (tertiary/aromatic N) is 2. The van der Waals surface area contributed by atoms with E-state index in [0.29, 0.717) is 5.95 Å². The van der Waals surface area contributed by atoms with Crippen molar-refractivity contribution in [2.45, 2.75) is 78.1 Å². The number of hydrogen-bond donors (Lipinski definition) is 2. The van der Waals surface area contributed by atoms with Crippen LogP contribution in [0.15, 0.2) is 36.4 Å². The lowest BCUT2D eigenvalue weighted by atomic mass is 10.1. The molecule has 4 heteroatoms. The van der Waals surface area contributed by atoms with Crippen LogP contribution in [0.2, 0.25) is 0 Å². The molecule has 0 aliphatic heterocycles. The molecule has 0 spiro atoms. The monoisotopic (exact) mass is 368 g/mol. The molecule has 0 aliphatic rings. The van der Waals surface area contributed by atoms with Gasteiger partial charge in [0.1, 0.15) is 5.82 Å². The van der Waals surface area contributed by atoms with Crippen molar-refractivity contribution in [1.29, 1.82) is 0 Å². The summed E-state index contributed by atoms with van der Waals surface area (Å²) >= 11 is 0. The highest BCUT2D eigenvalue weighted by atomic mass is 15.1. The lowest BCUT2D eigenvalue weighted by molar-refractivity contribution is 0.560. The van der Waals surface area contributed by atoms with Crippen LogP contribution >= 0.6 is 0 Å². The van der Waals surface area contributed by atoms with Gasteiger partial charge in [0.15, 0.2) is 0 Å². The fourth-order valence-electron chi connectivity index (χ4n) is 3.19. The molecule has 2 rings (SSSR count). The van der Waals surface area contributed by atoms with Gasteiger partial charge in [-0.1, -0.05) is 82.9 Å². The zero-order valence-electron chi connectivity index (χ0n) is 17.1. The van der Waals surface area contributed by atoms with Crippen molar-refractivity contribution in [3.05, 3.63) is 42.1 Å². The summed E-state index contributed by atoms with van der Waals surface area (Å²) in [4.78, 5) is 9.05. The van der Waals surface area contributed by atoms with E-state index >= 15 is 0 Å². The second-order valence-electron chi connectivity index (χ2n) is 7.32. The van der Waals surface area contributed by atoms with Gasteiger partial charge in [-0.25, -0.2) is 4.98 Å². The summed E-state index contributed by atoms with van der Waals surface area (Å²) in [5, 5.41) is 6.71. The summed E-state index contributed by atoms with van der Waals surface area (Å²) in [5.41, 5.74) is 1.97. The van der Waals surface area contributed by atoms with Crippen LogP contribution in [0.4, 0.5) is 17.5 Å². The van der Waals surface area contributed by atoms with Gasteiger partial charge in [0.25, 0.3) is 0 Å². The van der Waals surface area contributed by atoms with Crippen molar-refractivity contribution in [3.63, 3.8) is 0 Å². The molecule has 0 aliphatic carbocycles. The van der Waals surface area contributed by atoms with Gasteiger partial charge < -0.3 is 10.6 Å². The molecule has 0 radical (unpaired) electrons. The fraction of sp³-hybridized carbons (Fsp3) is 0.565. The smallest absolute Gasteiger partial charge is 0.229 e. The SMILES string of the molecule is CCCCCCCCCCCCNc1cc(C)nc(Nc2ccccc2)n1. The van der Waals surface area contributed by atoms with Gasteiger partial charge in [0, 0.05) is 24.0 Å². The van der Waals surface area contributed by atoms with E-state index in [1.165, 1.54) is 64.2 Å². The lowest BCUT2D eigenvalue weighted by Gasteiger charge is -2.10. The number of aromatic nitrogens is 2. The van der Waals surface area contributed by atoms with Crippen LogP contribution in [0, 0.1) is 6.92 Å². The minimum atomic E-state index is 0.645. The number of unbranched alkanes of at least 4 members (excludes halogenated alkanes) is 9. The average molecular weight is 369 g/mol. The van der Waals surface area contributed by atoms with Crippen LogP contribution in [0.3, 0.4) is 0 Å². The quantitative estimate of drug-likeness (QED) is 0.358. The van der Waals surface area contributed by atoms with E-state index in [-0.39, 0.29) is 0 Å². The second-order valence-corrected chi connectivity index (χ2v) is 7.32. The van der Waals surface area contributed by atoms with Gasteiger partial charge in [-0.05, 0) is 25.5 Å². The normalized spacial score (nSPS) is 10.7. The number of hydrogen-bond acceptors (Lipinski definition) is 4. The van der Waals surface area contributed by atoms with E-state index in [0.717, 1.165) is 23.7 Å². The Balaban J connectivity index is 1.60. The van der Waals surface area contributed by atoms with Crippen molar-refractivity contribution in [2.75, 3.05) is 17.2 Å². The van der Waals surface area contributed by atoms with E-state index in [1.54, 1.807) is 0 Å². The highest BCUT2D eigenvalue weighted by molar-refractivity contribution is 5.54. The number of nitrogens with one attached hydrogen (secondary N) is 2. The second kappa shape index (κ2) is 13.1. The molecule has 148 valence electrons. The van der Waals surface area contributed by atoms with Crippen molar-refractivity contribution >= 4 is 17.5 Å². The maximum absolute atomic E-state index is 4.58. The Morgan fingerprint density at radius 2 is 1.41 bits per heavy atom. The molecule has 2 N–H and O–H groups in total. The zero-order chi connectivity index (χ0) is 19.2. The van der Waals surface area contributed by atoms with E-state index in [2.05, 4.69) is 27.5 Å². The minimum absolute atomic E-state index is 0.645. The van der Waals surface area contributed by atoms with E-state index in [9.17, 15) is 0 Å². The van der Waals surface area contributed by atoms with Crippen LogP contribution < -0.4 is 10.6 Å². The third-order valence-corrected chi connectivity index (χ3v) is 4.72. The molecule has 1 aromatic carbocycles. The molecule has 2 aromatic rings. The number of rotatable bonds is 14. The van der Waals surface area contributed by atoms with Gasteiger partial charge in [-0.15, -0.1) is 0 Å². The first-order chi connectivity index (χ1) is 13.3. The minimum Gasteiger partial charge on any atom is -0.370 e. The van der Waals surface area contributed by atoms with Crippen LogP contribution in [0.5, 0.6) is 0 Å². The summed E-state index contributed by atoms with van der Waals surface area (Å²) < 4.78 is 0. The summed E-state index contributed by atoms with van der Waals surface area (Å²) in [6.45, 7) is 5.25. The third-order valence-electron chi connectivity index (χ3n) is 4.72. The summed E-state index contributed by atoms with van der Waals surface area (Å²) in [5.74, 6) is 1.55. The molecule has 0 bridgehead atoms. The Bertz CT molecular complexity index is 628. The third kappa shape index (κ3) is 9.41. The first kappa shape index (κ1) is 21.2. The summed E-state index contributed by atoms with van der Waals surface area (Å²) in [6.07, 6.45) is 13.6. The maximum Gasteiger partial charge on any atom is 0.229 e. The van der Waals surface area contributed by atoms with Gasteiger partial charge in [0.05, 0.1) is 0 Å². The Hall–Kier alpha value is -2.10. The number of para-hydroxylation sites is 1. The molecule has 0 amide bonds. The predicted molar refractivity (Wildman–Crippen MR) is 117 cm³/mol. The molecule has 1 heterocycles. The van der Waals surface area contributed by atoms with E-state index in [1.807, 2.05) is 43.3 Å². The zero-order valence-corrected chi connectivity index (χ0v) is 17.1. The van der Waals surface area contributed by atoms with Crippen molar-refractivity contribution in [2.24, 2.45) is 0 Å². The van der Waals surface area contributed by atoms with Crippen LogP contribution in [-0.2, 0) is 0 Å². The molecule has 0 unspecified atom stereocenters. The Morgan fingerprint density at radius 1 is 0.778 bits per heavy atom. The molecule has 4 nitrogen and oxygen atoms in total. The topological polar surface area (TPSA) is 49.8 Å². The first-order valence-electron chi connectivity index (χ1n) is 10.7. The van der Waals surface area contributed by atoms with Gasteiger partial charge in [0.2, 0.25) is 5.95 Å². The predicted octanol–water partition coefficient (Wildman–Crippen LogP) is 6.86. The first-order valence-corrected chi connectivity index (χ1v) is 10.7. The molecule has 0 saturated heterocycles. The van der Waals surface area contributed by atoms with E-state index < -0.39 is 0 Å². The molecule has 0 fully saturated rings. The lowest BCUT2D eigenvalue weighted by Crippen LogP contribution is -2.06. The van der Waals surface area contributed by atoms with Gasteiger partial charge in [-0.3, -0.25) is 0 Å².